The Morgan fingerprint density at radius 3 is 1.91 bits per heavy atom. The highest BCUT2D eigenvalue weighted by Gasteiger charge is 2.62. The van der Waals surface area contributed by atoms with Crippen LogP contribution in [0.4, 0.5) is 0 Å². The molecule has 0 aromatic carbocycles. The van der Waals surface area contributed by atoms with Gasteiger partial charge in [0.25, 0.3) is 0 Å². The van der Waals surface area contributed by atoms with Gasteiger partial charge in [-0.2, -0.15) is 12.6 Å². The number of thiol groups is 1. The van der Waals surface area contributed by atoms with E-state index in [4.69, 9.17) is 12.6 Å². The number of amides is 1. The minimum absolute atomic E-state index is 0.00822. The average Bonchev–Trinajstić information content (AvgIpc) is 2.86. The van der Waals surface area contributed by atoms with Crippen LogP contribution in [-0.4, -0.2) is 28.6 Å². The van der Waals surface area contributed by atoms with Crippen molar-refractivity contribution in [1.29, 1.82) is 0 Å². The van der Waals surface area contributed by atoms with E-state index in [0.29, 0.717) is 12.3 Å². The number of hydrogen-bond donors (Lipinski definition) is 1. The molecule has 0 spiro atoms. The molecule has 0 aromatic heterocycles. The highest BCUT2D eigenvalue weighted by Crippen LogP contribution is 2.69. The Hall–Kier alpha value is -0.180. The summed E-state index contributed by atoms with van der Waals surface area (Å²) in [5, 5.41) is 0. The van der Waals surface area contributed by atoms with Gasteiger partial charge in [-0.05, 0) is 36.5 Å². The van der Waals surface area contributed by atoms with Crippen LogP contribution in [0.1, 0.15) is 86.5 Å². The van der Waals surface area contributed by atoms with E-state index >= 15 is 0 Å². The summed E-state index contributed by atoms with van der Waals surface area (Å²) >= 11 is 4.73. The lowest BCUT2D eigenvalue weighted by molar-refractivity contribution is -0.133. The normalized spacial score (nSPS) is 23.4. The third-order valence-corrected chi connectivity index (χ3v) is 5.43. The van der Waals surface area contributed by atoms with E-state index in [2.05, 4.69) is 46.4 Å². The van der Waals surface area contributed by atoms with Gasteiger partial charge in [0.2, 0.25) is 5.91 Å². The smallest absolute Gasteiger partial charge is 0.223 e. The summed E-state index contributed by atoms with van der Waals surface area (Å²) in [6, 6.07) is 0. The van der Waals surface area contributed by atoms with Gasteiger partial charge in [-0.15, -0.1) is 0 Å². The number of carbonyl (C=O) groups excluding carboxylic acids is 1. The second-order valence-corrected chi connectivity index (χ2v) is 9.81. The Morgan fingerprint density at radius 1 is 1.14 bits per heavy atom. The molecule has 0 aliphatic heterocycles. The summed E-state index contributed by atoms with van der Waals surface area (Å²) in [5.41, 5.74) is 0.440. The van der Waals surface area contributed by atoms with Crippen LogP contribution in [-0.2, 0) is 4.79 Å². The maximum Gasteiger partial charge on any atom is 0.223 e. The van der Waals surface area contributed by atoms with Gasteiger partial charge in [-0.3, -0.25) is 4.79 Å². The Balaban J connectivity index is 2.72. The van der Waals surface area contributed by atoms with Crippen LogP contribution in [0.2, 0.25) is 0 Å². The first-order chi connectivity index (χ1) is 10.1. The van der Waals surface area contributed by atoms with Gasteiger partial charge < -0.3 is 4.90 Å². The molecule has 1 amide bonds. The molecule has 0 saturated heterocycles. The van der Waals surface area contributed by atoms with Crippen molar-refractivity contribution in [2.45, 2.75) is 91.2 Å². The first-order valence-electron chi connectivity index (χ1n) is 9.07. The van der Waals surface area contributed by atoms with Crippen LogP contribution < -0.4 is 0 Å². The van der Waals surface area contributed by atoms with Crippen LogP contribution >= 0.6 is 12.6 Å². The van der Waals surface area contributed by atoms with Gasteiger partial charge in [0.15, 0.2) is 0 Å². The van der Waals surface area contributed by atoms with Crippen molar-refractivity contribution in [3.8, 4) is 0 Å². The van der Waals surface area contributed by atoms with Crippen LogP contribution in [0, 0.1) is 10.8 Å². The molecule has 0 heterocycles. The SMILES string of the molecule is CCCCN(CCCC)C(=O)CC1(CC(C)(C)S)CC1(C)C. The van der Waals surface area contributed by atoms with E-state index in [-0.39, 0.29) is 15.6 Å². The van der Waals surface area contributed by atoms with Crippen molar-refractivity contribution < 1.29 is 4.79 Å². The van der Waals surface area contributed by atoms with Crippen LogP contribution in [0.3, 0.4) is 0 Å². The largest absolute Gasteiger partial charge is 0.343 e. The molecule has 1 unspecified atom stereocenters. The molecule has 2 nitrogen and oxygen atoms in total. The van der Waals surface area contributed by atoms with Crippen molar-refractivity contribution >= 4 is 18.5 Å². The van der Waals surface area contributed by atoms with E-state index in [9.17, 15) is 4.79 Å². The molecular weight excluding hydrogens is 290 g/mol. The minimum Gasteiger partial charge on any atom is -0.343 e. The average molecular weight is 328 g/mol. The molecule has 0 aromatic rings. The van der Waals surface area contributed by atoms with E-state index < -0.39 is 0 Å². The molecule has 22 heavy (non-hydrogen) atoms. The molecular formula is C19H37NOS. The van der Waals surface area contributed by atoms with Gasteiger partial charge in [0, 0.05) is 24.3 Å². The second kappa shape index (κ2) is 7.59. The number of rotatable bonds is 10. The maximum atomic E-state index is 12.9. The molecule has 1 aliphatic carbocycles. The topological polar surface area (TPSA) is 20.3 Å². The fraction of sp³-hybridized carbons (Fsp3) is 0.947. The van der Waals surface area contributed by atoms with E-state index in [0.717, 1.165) is 51.6 Å². The monoisotopic (exact) mass is 327 g/mol. The Kier molecular flexibility index (Phi) is 6.86. The lowest BCUT2D eigenvalue weighted by Gasteiger charge is -2.31. The fourth-order valence-electron chi connectivity index (χ4n) is 3.76. The first kappa shape index (κ1) is 19.9. The van der Waals surface area contributed by atoms with Gasteiger partial charge in [-0.25, -0.2) is 0 Å². The van der Waals surface area contributed by atoms with Crippen LogP contribution in [0.5, 0.6) is 0 Å². The summed E-state index contributed by atoms with van der Waals surface area (Å²) in [4.78, 5) is 15.0. The third-order valence-electron chi connectivity index (χ3n) is 5.27. The van der Waals surface area contributed by atoms with Gasteiger partial charge in [-0.1, -0.05) is 54.4 Å². The van der Waals surface area contributed by atoms with Crippen LogP contribution in [0.15, 0.2) is 0 Å². The van der Waals surface area contributed by atoms with Gasteiger partial charge >= 0.3 is 0 Å². The summed E-state index contributed by atoms with van der Waals surface area (Å²) in [5.74, 6) is 0.366. The Bertz CT molecular complexity index is 364. The molecule has 130 valence electrons. The number of unbranched alkanes of at least 4 members (excludes halogenated alkanes) is 2. The molecule has 0 N–H and O–H groups in total. The molecule has 0 radical (unpaired) electrons. The molecule has 1 atom stereocenters. The highest BCUT2D eigenvalue weighted by molar-refractivity contribution is 7.81. The third kappa shape index (κ3) is 5.47. The Labute approximate surface area is 143 Å². The zero-order chi connectivity index (χ0) is 17.0. The lowest BCUT2D eigenvalue weighted by Crippen LogP contribution is -2.36. The fourth-order valence-corrected chi connectivity index (χ4v) is 4.06. The summed E-state index contributed by atoms with van der Waals surface area (Å²) in [7, 11) is 0. The molecule has 1 rings (SSSR count). The molecule has 1 fully saturated rings. The zero-order valence-electron chi connectivity index (χ0n) is 15.7. The van der Waals surface area contributed by atoms with E-state index in [1.807, 2.05) is 0 Å². The standard InChI is InChI=1S/C19H37NOS/c1-7-9-11-20(12-10-8-2)16(21)13-19(14-17(19,3)4)15-18(5,6)22/h22H,7-15H2,1-6H3. The van der Waals surface area contributed by atoms with Crippen molar-refractivity contribution in [3.63, 3.8) is 0 Å². The second-order valence-electron chi connectivity index (χ2n) is 8.59. The highest BCUT2D eigenvalue weighted by atomic mass is 32.1. The summed E-state index contributed by atoms with van der Waals surface area (Å²) in [6.07, 6.45) is 7.42. The molecule has 1 saturated carbocycles. The predicted octanol–water partition coefficient (Wildman–Crippen LogP) is 5.32. The molecule has 1 aliphatic rings. The van der Waals surface area contributed by atoms with Crippen molar-refractivity contribution in [2.75, 3.05) is 13.1 Å². The number of nitrogens with zero attached hydrogens (tertiary/aromatic N) is 1. The zero-order valence-corrected chi connectivity index (χ0v) is 16.6. The minimum atomic E-state index is -0.00822. The number of carbonyl (C=O) groups is 1. The van der Waals surface area contributed by atoms with E-state index in [1.54, 1.807) is 0 Å². The summed E-state index contributed by atoms with van der Waals surface area (Å²) < 4.78 is -0.00822. The summed E-state index contributed by atoms with van der Waals surface area (Å²) in [6.45, 7) is 15.2. The first-order valence-corrected chi connectivity index (χ1v) is 9.52. The van der Waals surface area contributed by atoms with Gasteiger partial charge in [0.05, 0.1) is 0 Å². The van der Waals surface area contributed by atoms with Crippen molar-refractivity contribution in [3.05, 3.63) is 0 Å². The van der Waals surface area contributed by atoms with E-state index in [1.165, 1.54) is 0 Å². The lowest BCUT2D eigenvalue weighted by atomic mass is 9.83. The quantitative estimate of drug-likeness (QED) is 0.538. The van der Waals surface area contributed by atoms with Gasteiger partial charge in [0.1, 0.15) is 0 Å². The Morgan fingerprint density at radius 2 is 1.59 bits per heavy atom. The predicted molar refractivity (Wildman–Crippen MR) is 99.5 cm³/mol. The van der Waals surface area contributed by atoms with Crippen molar-refractivity contribution in [1.82, 2.24) is 4.90 Å². The van der Waals surface area contributed by atoms with Crippen molar-refractivity contribution in [2.24, 2.45) is 10.8 Å². The number of hydrogen-bond acceptors (Lipinski definition) is 2. The van der Waals surface area contributed by atoms with Crippen LogP contribution in [0.25, 0.3) is 0 Å². The molecule has 3 heteroatoms. The molecule has 0 bridgehead atoms. The maximum absolute atomic E-state index is 12.9.